The monoisotopic (exact) mass is 368 g/mol. The second kappa shape index (κ2) is 7.41. The van der Waals surface area contributed by atoms with Gasteiger partial charge in [-0.05, 0) is 31.0 Å². The van der Waals surface area contributed by atoms with Crippen molar-refractivity contribution in [2.75, 3.05) is 27.3 Å². The van der Waals surface area contributed by atoms with Crippen LogP contribution in [0.25, 0.3) is 0 Å². The maximum absolute atomic E-state index is 13.0. The molecule has 25 heavy (non-hydrogen) atoms. The lowest BCUT2D eigenvalue weighted by molar-refractivity contribution is -0.0752. The molecule has 1 aromatic carbocycles. The van der Waals surface area contributed by atoms with Gasteiger partial charge in [-0.25, -0.2) is 8.42 Å². The van der Waals surface area contributed by atoms with Gasteiger partial charge in [-0.2, -0.15) is 0 Å². The molecular formula is C17H24N2O5S. The van der Waals surface area contributed by atoms with Gasteiger partial charge in [-0.15, -0.1) is 0 Å². The van der Waals surface area contributed by atoms with Crippen LogP contribution in [0.1, 0.15) is 36.0 Å². The van der Waals surface area contributed by atoms with E-state index in [9.17, 15) is 13.2 Å². The molecule has 0 radical (unpaired) electrons. The van der Waals surface area contributed by atoms with E-state index in [1.807, 2.05) is 4.90 Å². The smallest absolute Gasteiger partial charge is 0.264 e. The highest BCUT2D eigenvalue weighted by Gasteiger charge is 2.37. The lowest BCUT2D eigenvalue weighted by Crippen LogP contribution is -2.54. The maximum atomic E-state index is 13.0. The van der Waals surface area contributed by atoms with E-state index in [-0.39, 0.29) is 22.9 Å². The number of hydrogen-bond donors (Lipinski definition) is 0. The first kappa shape index (κ1) is 18.3. The predicted octanol–water partition coefficient (Wildman–Crippen LogP) is 1.65. The van der Waals surface area contributed by atoms with Crippen LogP contribution in [0.2, 0.25) is 0 Å². The van der Waals surface area contributed by atoms with Gasteiger partial charge in [0.15, 0.2) is 0 Å². The summed E-state index contributed by atoms with van der Waals surface area (Å²) in [6.07, 6.45) is 4.21. The Hall–Kier alpha value is -1.48. The number of sulfonamides is 1. The minimum absolute atomic E-state index is 0.0381. The van der Waals surface area contributed by atoms with Gasteiger partial charge in [0.2, 0.25) is 0 Å². The average Bonchev–Trinajstić information content (AvgIpc) is 2.66. The first-order chi connectivity index (χ1) is 11.9. The van der Waals surface area contributed by atoms with Crippen molar-refractivity contribution >= 4 is 15.9 Å². The Labute approximate surface area is 148 Å². The van der Waals surface area contributed by atoms with Gasteiger partial charge in [0.05, 0.1) is 30.8 Å². The topological polar surface area (TPSA) is 76.2 Å². The second-order valence-electron chi connectivity index (χ2n) is 6.38. The van der Waals surface area contributed by atoms with E-state index in [0.717, 1.165) is 30.2 Å². The minimum Gasteiger partial charge on any atom is -0.374 e. The summed E-state index contributed by atoms with van der Waals surface area (Å²) < 4.78 is 31.4. The summed E-state index contributed by atoms with van der Waals surface area (Å²) in [6.45, 7) is 1.06. The van der Waals surface area contributed by atoms with Gasteiger partial charge in [0, 0.05) is 19.2 Å². The van der Waals surface area contributed by atoms with Crippen LogP contribution in [0.4, 0.5) is 0 Å². The van der Waals surface area contributed by atoms with Crippen LogP contribution in [0, 0.1) is 0 Å². The van der Waals surface area contributed by atoms with Crippen LogP contribution < -0.4 is 0 Å². The molecule has 0 N–H and O–H groups in total. The van der Waals surface area contributed by atoms with Crippen molar-refractivity contribution in [3.05, 3.63) is 29.8 Å². The molecule has 1 saturated carbocycles. The Bertz CT molecular complexity index is 734. The van der Waals surface area contributed by atoms with E-state index < -0.39 is 10.0 Å². The van der Waals surface area contributed by atoms with Crippen molar-refractivity contribution in [1.82, 2.24) is 9.37 Å². The lowest BCUT2D eigenvalue weighted by Gasteiger charge is -2.43. The van der Waals surface area contributed by atoms with Crippen LogP contribution in [0.3, 0.4) is 0 Å². The Kier molecular flexibility index (Phi) is 5.43. The molecule has 2 aliphatic rings. The number of carbonyl (C=O) groups is 1. The number of hydroxylamine groups is 1. The summed E-state index contributed by atoms with van der Waals surface area (Å²) in [7, 11) is -1.18. The quantitative estimate of drug-likeness (QED) is 0.756. The number of benzene rings is 1. The van der Waals surface area contributed by atoms with Crippen molar-refractivity contribution in [2.24, 2.45) is 0 Å². The van der Waals surface area contributed by atoms with Gasteiger partial charge in [-0.1, -0.05) is 23.4 Å². The fourth-order valence-electron chi connectivity index (χ4n) is 3.55. The second-order valence-corrected chi connectivity index (χ2v) is 8.32. The van der Waals surface area contributed by atoms with E-state index in [0.29, 0.717) is 18.7 Å². The van der Waals surface area contributed by atoms with E-state index in [1.54, 1.807) is 12.1 Å². The van der Waals surface area contributed by atoms with Crippen molar-refractivity contribution in [3.63, 3.8) is 0 Å². The molecule has 3 rings (SSSR count). The minimum atomic E-state index is -3.78. The molecule has 1 heterocycles. The highest BCUT2D eigenvalue weighted by molar-refractivity contribution is 7.89. The normalized spacial score (nSPS) is 24.2. The number of fused-ring (bicyclic) bond motifs is 1. The fourth-order valence-corrected chi connectivity index (χ4v) is 4.57. The molecule has 1 saturated heterocycles. The van der Waals surface area contributed by atoms with E-state index in [1.165, 1.54) is 26.3 Å². The number of amides is 1. The number of ether oxygens (including phenoxy) is 1. The molecule has 1 aromatic rings. The first-order valence-electron chi connectivity index (χ1n) is 8.51. The molecule has 7 nitrogen and oxygen atoms in total. The average molecular weight is 368 g/mol. The Morgan fingerprint density at radius 3 is 2.84 bits per heavy atom. The van der Waals surface area contributed by atoms with Crippen LogP contribution in [0.15, 0.2) is 29.2 Å². The third-order valence-corrected chi connectivity index (χ3v) is 6.64. The molecular weight excluding hydrogens is 344 g/mol. The zero-order chi connectivity index (χ0) is 18.0. The highest BCUT2D eigenvalue weighted by Crippen LogP contribution is 2.29. The summed E-state index contributed by atoms with van der Waals surface area (Å²) in [5, 5.41) is 0. The summed E-state index contributed by atoms with van der Waals surface area (Å²) in [6, 6.07) is 6.20. The molecule has 0 bridgehead atoms. The molecule has 0 spiro atoms. The number of nitrogens with zero attached hydrogens (tertiary/aromatic N) is 2. The van der Waals surface area contributed by atoms with Gasteiger partial charge < -0.3 is 9.64 Å². The van der Waals surface area contributed by atoms with E-state index in [4.69, 9.17) is 9.57 Å². The molecule has 138 valence electrons. The Morgan fingerprint density at radius 1 is 1.32 bits per heavy atom. The Morgan fingerprint density at radius 2 is 2.08 bits per heavy atom. The number of morpholine rings is 1. The molecule has 1 aliphatic carbocycles. The molecule has 1 amide bonds. The molecule has 1 aliphatic heterocycles. The lowest BCUT2D eigenvalue weighted by atomic mass is 9.89. The summed E-state index contributed by atoms with van der Waals surface area (Å²) in [5.41, 5.74) is 0.372. The standard InChI is InChI=1S/C17H24N2O5S/c1-18(23-2)25(21,22)14-7-5-6-13(12-14)17(20)19-10-11-24-16-9-4-3-8-15(16)19/h5-7,12,15-16H,3-4,8-11H2,1-2H3. The van der Waals surface area contributed by atoms with Gasteiger partial charge in [0.1, 0.15) is 0 Å². The molecule has 2 atom stereocenters. The number of hydrogen-bond acceptors (Lipinski definition) is 5. The van der Waals surface area contributed by atoms with Crippen molar-refractivity contribution in [2.45, 2.75) is 42.7 Å². The van der Waals surface area contributed by atoms with Gasteiger partial charge >= 0.3 is 0 Å². The molecule has 2 unspecified atom stereocenters. The van der Waals surface area contributed by atoms with Crippen LogP contribution in [0.5, 0.6) is 0 Å². The van der Waals surface area contributed by atoms with Crippen LogP contribution in [-0.4, -0.2) is 63.1 Å². The largest absolute Gasteiger partial charge is 0.374 e. The summed E-state index contributed by atoms with van der Waals surface area (Å²) in [4.78, 5) is 19.7. The third-order valence-electron chi connectivity index (χ3n) is 4.97. The van der Waals surface area contributed by atoms with Crippen molar-refractivity contribution in [3.8, 4) is 0 Å². The fraction of sp³-hybridized carbons (Fsp3) is 0.588. The zero-order valence-electron chi connectivity index (χ0n) is 14.6. The number of carbonyl (C=O) groups excluding carboxylic acids is 1. The predicted molar refractivity (Wildman–Crippen MR) is 91.4 cm³/mol. The number of rotatable bonds is 4. The molecule has 8 heteroatoms. The molecule has 2 fully saturated rings. The SMILES string of the molecule is CON(C)S(=O)(=O)c1cccc(C(=O)N2CCOC3CCCCC32)c1. The summed E-state index contributed by atoms with van der Waals surface area (Å²) in [5.74, 6) is -0.141. The van der Waals surface area contributed by atoms with E-state index in [2.05, 4.69) is 0 Å². The molecule has 0 aromatic heterocycles. The third kappa shape index (κ3) is 3.57. The van der Waals surface area contributed by atoms with Gasteiger partial charge in [-0.3, -0.25) is 9.63 Å². The summed E-state index contributed by atoms with van der Waals surface area (Å²) >= 11 is 0. The van der Waals surface area contributed by atoms with Gasteiger partial charge in [0.25, 0.3) is 15.9 Å². The maximum Gasteiger partial charge on any atom is 0.264 e. The first-order valence-corrected chi connectivity index (χ1v) is 9.95. The van der Waals surface area contributed by atoms with E-state index >= 15 is 0 Å². The van der Waals surface area contributed by atoms with Crippen LogP contribution >= 0.6 is 0 Å². The van der Waals surface area contributed by atoms with Crippen molar-refractivity contribution in [1.29, 1.82) is 0 Å². The zero-order valence-corrected chi connectivity index (χ0v) is 15.4. The highest BCUT2D eigenvalue weighted by atomic mass is 32.2. The van der Waals surface area contributed by atoms with Crippen LogP contribution in [-0.2, 0) is 19.6 Å². The van der Waals surface area contributed by atoms with Crippen molar-refractivity contribution < 1.29 is 22.8 Å². The Balaban J connectivity index is 1.86.